The highest BCUT2D eigenvalue weighted by atomic mass is 32.1. The predicted molar refractivity (Wildman–Crippen MR) is 113 cm³/mol. The molecule has 6 nitrogen and oxygen atoms in total. The molecule has 3 aromatic rings. The molecule has 0 radical (unpaired) electrons. The van der Waals surface area contributed by atoms with Crippen LogP contribution >= 0.6 is 22.7 Å². The lowest BCUT2D eigenvalue weighted by Gasteiger charge is -2.24. The minimum atomic E-state index is -0.770. The number of aromatic nitrogens is 1. The van der Waals surface area contributed by atoms with Gasteiger partial charge in [-0.05, 0) is 43.0 Å². The highest BCUT2D eigenvalue weighted by Crippen LogP contribution is 2.44. The van der Waals surface area contributed by atoms with E-state index in [1.54, 1.807) is 48.9 Å². The lowest BCUT2D eigenvalue weighted by Crippen LogP contribution is -2.31. The highest BCUT2D eigenvalue weighted by molar-refractivity contribution is 7.16. The van der Waals surface area contributed by atoms with Crippen LogP contribution in [-0.4, -0.2) is 28.9 Å². The van der Waals surface area contributed by atoms with E-state index >= 15 is 0 Å². The van der Waals surface area contributed by atoms with Gasteiger partial charge in [-0.2, -0.15) is 0 Å². The van der Waals surface area contributed by atoms with E-state index in [0.717, 1.165) is 10.6 Å². The minimum Gasteiger partial charge on any atom is -0.503 e. The number of Topliss-reactive ketones (excluding diaryl/α,β-unsaturated/α-hetero) is 1. The van der Waals surface area contributed by atoms with Gasteiger partial charge in [0.25, 0.3) is 5.91 Å². The summed E-state index contributed by atoms with van der Waals surface area (Å²) in [5, 5.41) is 12.9. The van der Waals surface area contributed by atoms with Gasteiger partial charge in [-0.1, -0.05) is 18.2 Å². The SMILES string of the molecule is COc1ccc([C@@H]2C(C(=O)c3cccs3)=C(O)C(=O)N2c2nc(C)c(C)s2)cc1. The van der Waals surface area contributed by atoms with Crippen molar-refractivity contribution in [2.45, 2.75) is 19.9 Å². The molecule has 3 heterocycles. The molecule has 0 bridgehead atoms. The third-order valence-electron chi connectivity index (χ3n) is 4.85. The van der Waals surface area contributed by atoms with E-state index < -0.39 is 17.7 Å². The van der Waals surface area contributed by atoms with Gasteiger partial charge in [0.1, 0.15) is 5.75 Å². The molecule has 4 rings (SSSR count). The molecule has 1 amide bonds. The molecule has 0 spiro atoms. The fraction of sp³-hybridized carbons (Fsp3) is 0.190. The Bertz CT molecular complexity index is 1090. The minimum absolute atomic E-state index is 0.0631. The van der Waals surface area contributed by atoms with Gasteiger partial charge in [-0.15, -0.1) is 22.7 Å². The Labute approximate surface area is 175 Å². The molecule has 1 aromatic carbocycles. The molecular weight excluding hydrogens is 408 g/mol. The third kappa shape index (κ3) is 3.24. The van der Waals surface area contributed by atoms with Crippen LogP contribution in [0.2, 0.25) is 0 Å². The number of rotatable bonds is 5. The van der Waals surface area contributed by atoms with Crippen LogP contribution in [0.4, 0.5) is 5.13 Å². The molecule has 1 N–H and O–H groups in total. The van der Waals surface area contributed by atoms with Gasteiger partial charge >= 0.3 is 0 Å². The summed E-state index contributed by atoms with van der Waals surface area (Å²) < 4.78 is 5.22. The number of nitrogens with zero attached hydrogens (tertiary/aromatic N) is 2. The maximum absolute atomic E-state index is 13.2. The Hall–Kier alpha value is -2.97. The summed E-state index contributed by atoms with van der Waals surface area (Å²) in [4.78, 5) is 33.6. The average molecular weight is 427 g/mol. The van der Waals surface area contributed by atoms with E-state index in [2.05, 4.69) is 4.98 Å². The summed E-state index contributed by atoms with van der Waals surface area (Å²) in [6.45, 7) is 3.79. The Balaban J connectivity index is 1.87. The van der Waals surface area contributed by atoms with Crippen molar-refractivity contribution in [2.75, 3.05) is 12.0 Å². The van der Waals surface area contributed by atoms with Gasteiger partial charge < -0.3 is 9.84 Å². The fourth-order valence-electron chi connectivity index (χ4n) is 3.24. The molecule has 0 aliphatic carbocycles. The first kappa shape index (κ1) is 19.4. The Morgan fingerprint density at radius 1 is 1.21 bits per heavy atom. The van der Waals surface area contributed by atoms with Gasteiger partial charge in [-0.3, -0.25) is 14.5 Å². The number of methoxy groups -OCH3 is 1. The number of anilines is 1. The molecule has 0 saturated heterocycles. The first-order valence-corrected chi connectivity index (χ1v) is 10.5. The second-order valence-electron chi connectivity index (χ2n) is 6.56. The standard InChI is InChI=1S/C21H18N2O4S2/c1-11-12(2)29-21(22-11)23-17(13-6-8-14(27-3)9-7-13)16(19(25)20(23)26)18(24)15-5-4-10-28-15/h4-10,17,25H,1-3H3/t17-/m1/s1. The normalized spacial score (nSPS) is 16.6. The van der Waals surface area contributed by atoms with Crippen molar-refractivity contribution in [3.63, 3.8) is 0 Å². The van der Waals surface area contributed by atoms with Gasteiger partial charge in [0.15, 0.2) is 10.9 Å². The van der Waals surface area contributed by atoms with Crippen molar-refractivity contribution in [1.82, 2.24) is 4.98 Å². The van der Waals surface area contributed by atoms with Gasteiger partial charge in [-0.25, -0.2) is 4.98 Å². The van der Waals surface area contributed by atoms with Gasteiger partial charge in [0, 0.05) is 4.88 Å². The van der Waals surface area contributed by atoms with E-state index in [0.29, 0.717) is 21.3 Å². The second kappa shape index (κ2) is 7.46. The van der Waals surface area contributed by atoms with Crippen molar-refractivity contribution < 1.29 is 19.4 Å². The quantitative estimate of drug-likeness (QED) is 0.603. The molecule has 8 heteroatoms. The lowest BCUT2D eigenvalue weighted by atomic mass is 9.95. The smallest absolute Gasteiger partial charge is 0.296 e. The number of ether oxygens (including phenoxy) is 1. The summed E-state index contributed by atoms with van der Waals surface area (Å²) in [7, 11) is 1.57. The van der Waals surface area contributed by atoms with Crippen LogP contribution in [0.3, 0.4) is 0 Å². The number of hydrogen-bond donors (Lipinski definition) is 1. The van der Waals surface area contributed by atoms with Crippen molar-refractivity contribution in [1.29, 1.82) is 0 Å². The highest BCUT2D eigenvalue weighted by Gasteiger charge is 2.46. The number of amides is 1. The number of carbonyl (C=O) groups excluding carboxylic acids is 2. The number of aliphatic hydroxyl groups is 1. The first-order valence-electron chi connectivity index (χ1n) is 8.85. The molecule has 0 fully saturated rings. The summed E-state index contributed by atoms with van der Waals surface area (Å²) in [5.74, 6) is -0.863. The van der Waals surface area contributed by atoms with Crippen LogP contribution in [-0.2, 0) is 4.79 Å². The molecular formula is C21H18N2O4S2. The van der Waals surface area contributed by atoms with Crippen molar-refractivity contribution in [3.05, 3.63) is 74.1 Å². The molecule has 29 heavy (non-hydrogen) atoms. The van der Waals surface area contributed by atoms with Crippen LogP contribution in [0.5, 0.6) is 5.75 Å². The topological polar surface area (TPSA) is 79.7 Å². The monoisotopic (exact) mass is 426 g/mol. The summed E-state index contributed by atoms with van der Waals surface area (Å²) >= 11 is 2.63. The zero-order valence-corrected chi connectivity index (χ0v) is 17.6. The van der Waals surface area contributed by atoms with Gasteiger partial charge in [0.2, 0.25) is 5.78 Å². The van der Waals surface area contributed by atoms with E-state index in [9.17, 15) is 14.7 Å². The predicted octanol–water partition coefficient (Wildman–Crippen LogP) is 4.61. The fourth-order valence-corrected chi connectivity index (χ4v) is 4.85. The van der Waals surface area contributed by atoms with Crippen LogP contribution in [0.15, 0.2) is 53.1 Å². The number of aliphatic hydroxyl groups excluding tert-OH is 1. The third-order valence-corrected chi connectivity index (χ3v) is 6.79. The van der Waals surface area contributed by atoms with Crippen molar-refractivity contribution in [2.24, 2.45) is 0 Å². The van der Waals surface area contributed by atoms with Crippen LogP contribution in [0.1, 0.15) is 31.8 Å². The van der Waals surface area contributed by atoms with Crippen LogP contribution < -0.4 is 9.64 Å². The number of hydrogen-bond acceptors (Lipinski definition) is 7. The number of thiophene rings is 1. The Morgan fingerprint density at radius 3 is 2.48 bits per heavy atom. The lowest BCUT2D eigenvalue weighted by molar-refractivity contribution is -0.117. The number of thiazole rings is 1. The van der Waals surface area contributed by atoms with Crippen LogP contribution in [0.25, 0.3) is 0 Å². The number of benzene rings is 1. The summed E-state index contributed by atoms with van der Waals surface area (Å²) in [5.41, 5.74) is 1.56. The van der Waals surface area contributed by atoms with E-state index in [1.165, 1.54) is 27.6 Å². The number of ketones is 1. The average Bonchev–Trinajstić information content (AvgIpc) is 3.42. The molecule has 1 aliphatic heterocycles. The maximum Gasteiger partial charge on any atom is 0.296 e. The molecule has 148 valence electrons. The van der Waals surface area contributed by atoms with Crippen molar-refractivity contribution >= 4 is 39.5 Å². The van der Waals surface area contributed by atoms with Crippen molar-refractivity contribution in [3.8, 4) is 5.75 Å². The molecule has 1 atom stereocenters. The second-order valence-corrected chi connectivity index (χ2v) is 8.69. The Kier molecular flexibility index (Phi) is 4.97. The van der Waals surface area contributed by atoms with E-state index in [4.69, 9.17) is 4.74 Å². The zero-order chi connectivity index (χ0) is 20.7. The molecule has 1 aliphatic rings. The number of carbonyl (C=O) groups is 2. The van der Waals surface area contributed by atoms with Gasteiger partial charge in [0.05, 0.1) is 29.3 Å². The molecule has 2 aromatic heterocycles. The zero-order valence-electron chi connectivity index (χ0n) is 16.0. The van der Waals surface area contributed by atoms with E-state index in [-0.39, 0.29) is 11.4 Å². The molecule has 0 unspecified atom stereocenters. The largest absolute Gasteiger partial charge is 0.503 e. The summed E-state index contributed by atoms with van der Waals surface area (Å²) in [6, 6.07) is 9.78. The van der Waals surface area contributed by atoms with E-state index in [1.807, 2.05) is 13.8 Å². The first-order chi connectivity index (χ1) is 13.9. The Morgan fingerprint density at radius 2 is 1.93 bits per heavy atom. The summed E-state index contributed by atoms with van der Waals surface area (Å²) in [6.07, 6.45) is 0. The molecule has 0 saturated carbocycles. The number of aryl methyl sites for hydroxylation is 2. The van der Waals surface area contributed by atoms with Crippen LogP contribution in [0, 0.1) is 13.8 Å². The maximum atomic E-state index is 13.2.